The summed E-state index contributed by atoms with van der Waals surface area (Å²) in [6, 6.07) is 8.76. The zero-order chi connectivity index (χ0) is 15.0. The summed E-state index contributed by atoms with van der Waals surface area (Å²) in [6.07, 6.45) is 1.15. The molecule has 5 heteroatoms. The van der Waals surface area contributed by atoms with Gasteiger partial charge in [-0.15, -0.1) is 0 Å². The van der Waals surface area contributed by atoms with Gasteiger partial charge in [-0.25, -0.2) is 0 Å². The highest BCUT2D eigenvalue weighted by Crippen LogP contribution is 2.15. The Morgan fingerprint density at radius 1 is 1.30 bits per heavy atom. The van der Waals surface area contributed by atoms with Gasteiger partial charge in [-0.2, -0.15) is 5.26 Å². The Hall–Kier alpha value is -2.35. The summed E-state index contributed by atoms with van der Waals surface area (Å²) in [7, 11) is 0. The number of anilines is 1. The summed E-state index contributed by atoms with van der Waals surface area (Å²) < 4.78 is 0. The van der Waals surface area contributed by atoms with E-state index in [1.54, 1.807) is 24.3 Å². The molecule has 0 spiro atoms. The zero-order valence-corrected chi connectivity index (χ0v) is 11.8. The molecule has 1 aromatic rings. The second-order valence-electron chi connectivity index (χ2n) is 4.43. The maximum Gasteiger partial charge on any atom is 0.223 e. The van der Waals surface area contributed by atoms with Crippen molar-refractivity contribution in [3.8, 4) is 6.07 Å². The third-order valence-electron chi connectivity index (χ3n) is 2.82. The third-order valence-corrected chi connectivity index (χ3v) is 2.82. The Kier molecular flexibility index (Phi) is 6.24. The molecule has 0 saturated heterocycles. The number of hydrogen-bond donors (Lipinski definition) is 1. The van der Waals surface area contributed by atoms with Crippen molar-refractivity contribution in [3.05, 3.63) is 29.8 Å². The average Bonchev–Trinajstić information content (AvgIpc) is 2.45. The highest BCUT2D eigenvalue weighted by Gasteiger charge is 2.13. The Balaban J connectivity index is 2.67. The van der Waals surface area contributed by atoms with E-state index < -0.39 is 0 Å². The van der Waals surface area contributed by atoms with Crippen molar-refractivity contribution in [1.29, 1.82) is 5.26 Å². The van der Waals surface area contributed by atoms with Gasteiger partial charge in [-0.3, -0.25) is 9.59 Å². The highest BCUT2D eigenvalue weighted by atomic mass is 16.2. The molecule has 0 fully saturated rings. The van der Waals surface area contributed by atoms with Crippen LogP contribution in [0.3, 0.4) is 0 Å². The van der Waals surface area contributed by atoms with E-state index in [1.165, 1.54) is 11.8 Å². The molecular formula is C15H19N3O2. The molecule has 0 atom stereocenters. The molecule has 1 rings (SSSR count). The SMILES string of the molecule is CCCNC(=O)CCN(C(C)=O)c1ccc(C#N)cc1. The third kappa shape index (κ3) is 4.73. The lowest BCUT2D eigenvalue weighted by Gasteiger charge is -2.21. The fourth-order valence-corrected chi connectivity index (χ4v) is 1.75. The molecule has 0 heterocycles. The van der Waals surface area contributed by atoms with Crippen LogP contribution in [0.25, 0.3) is 0 Å². The first-order valence-electron chi connectivity index (χ1n) is 6.63. The van der Waals surface area contributed by atoms with Crippen molar-refractivity contribution >= 4 is 17.5 Å². The number of benzene rings is 1. The van der Waals surface area contributed by atoms with Crippen LogP contribution < -0.4 is 10.2 Å². The van der Waals surface area contributed by atoms with Crippen molar-refractivity contribution in [2.24, 2.45) is 0 Å². The number of hydrogen-bond acceptors (Lipinski definition) is 3. The van der Waals surface area contributed by atoms with Crippen LogP contribution in [0, 0.1) is 11.3 Å². The molecule has 0 aliphatic rings. The van der Waals surface area contributed by atoms with Crippen molar-refractivity contribution in [2.45, 2.75) is 26.7 Å². The first-order valence-corrected chi connectivity index (χ1v) is 6.63. The van der Waals surface area contributed by atoms with Crippen LogP contribution in [0.2, 0.25) is 0 Å². The fraction of sp³-hybridized carbons (Fsp3) is 0.400. The molecule has 0 aromatic heterocycles. The predicted molar refractivity (Wildman–Crippen MR) is 77.1 cm³/mol. The number of rotatable bonds is 6. The van der Waals surface area contributed by atoms with Gasteiger partial charge in [0.05, 0.1) is 11.6 Å². The molecule has 106 valence electrons. The Labute approximate surface area is 119 Å². The van der Waals surface area contributed by atoms with Gasteiger partial charge in [0, 0.05) is 32.1 Å². The second kappa shape index (κ2) is 7.95. The van der Waals surface area contributed by atoms with Crippen LogP contribution >= 0.6 is 0 Å². The molecule has 0 radical (unpaired) electrons. The molecule has 1 aromatic carbocycles. The van der Waals surface area contributed by atoms with Gasteiger partial charge in [0.1, 0.15) is 0 Å². The number of carbonyl (C=O) groups is 2. The Bertz CT molecular complexity index is 503. The molecule has 0 aliphatic heterocycles. The Morgan fingerprint density at radius 3 is 2.45 bits per heavy atom. The van der Waals surface area contributed by atoms with Crippen LogP contribution in [0.5, 0.6) is 0 Å². The maximum absolute atomic E-state index is 11.7. The van der Waals surface area contributed by atoms with Crippen molar-refractivity contribution < 1.29 is 9.59 Å². The summed E-state index contributed by atoms with van der Waals surface area (Å²) in [4.78, 5) is 24.8. The first-order chi connectivity index (χ1) is 9.58. The molecule has 1 N–H and O–H groups in total. The fourth-order valence-electron chi connectivity index (χ4n) is 1.75. The van der Waals surface area contributed by atoms with Gasteiger partial charge in [0.2, 0.25) is 11.8 Å². The lowest BCUT2D eigenvalue weighted by Crippen LogP contribution is -2.34. The molecular weight excluding hydrogens is 254 g/mol. The predicted octanol–water partition coefficient (Wildman–Crippen LogP) is 1.83. The molecule has 5 nitrogen and oxygen atoms in total. The molecule has 0 saturated carbocycles. The quantitative estimate of drug-likeness (QED) is 0.859. The molecule has 0 bridgehead atoms. The lowest BCUT2D eigenvalue weighted by molar-refractivity contribution is -0.121. The zero-order valence-electron chi connectivity index (χ0n) is 11.8. The number of nitrogens with one attached hydrogen (secondary N) is 1. The summed E-state index contributed by atoms with van der Waals surface area (Å²) in [5.74, 6) is -0.190. The summed E-state index contributed by atoms with van der Waals surface area (Å²) >= 11 is 0. The smallest absolute Gasteiger partial charge is 0.223 e. The van der Waals surface area contributed by atoms with Gasteiger partial charge in [0.15, 0.2) is 0 Å². The van der Waals surface area contributed by atoms with Crippen LogP contribution in [0.4, 0.5) is 5.69 Å². The van der Waals surface area contributed by atoms with E-state index in [0.717, 1.165) is 6.42 Å². The topological polar surface area (TPSA) is 73.2 Å². The standard InChI is InChI=1S/C15H19N3O2/c1-3-9-17-15(20)8-10-18(12(2)19)14-6-4-13(11-16)5-7-14/h4-7H,3,8-10H2,1-2H3,(H,17,20). The van der Waals surface area contributed by atoms with Crippen LogP contribution in [-0.2, 0) is 9.59 Å². The van der Waals surface area contributed by atoms with Crippen molar-refractivity contribution in [3.63, 3.8) is 0 Å². The summed E-state index contributed by atoms with van der Waals surface area (Å²) in [6.45, 7) is 4.42. The van der Waals surface area contributed by atoms with Gasteiger partial charge < -0.3 is 10.2 Å². The van der Waals surface area contributed by atoms with E-state index >= 15 is 0 Å². The highest BCUT2D eigenvalue weighted by molar-refractivity contribution is 5.92. The van der Waals surface area contributed by atoms with Crippen LogP contribution in [0.1, 0.15) is 32.3 Å². The van der Waals surface area contributed by atoms with E-state index in [0.29, 0.717) is 24.3 Å². The monoisotopic (exact) mass is 273 g/mol. The molecule has 20 heavy (non-hydrogen) atoms. The number of amides is 2. The normalized spacial score (nSPS) is 9.65. The second-order valence-corrected chi connectivity index (χ2v) is 4.43. The van der Waals surface area contributed by atoms with Crippen molar-refractivity contribution in [2.75, 3.05) is 18.0 Å². The van der Waals surface area contributed by atoms with Gasteiger partial charge >= 0.3 is 0 Å². The maximum atomic E-state index is 11.7. The molecule has 2 amide bonds. The van der Waals surface area contributed by atoms with E-state index in [-0.39, 0.29) is 18.2 Å². The van der Waals surface area contributed by atoms with Gasteiger partial charge in [-0.1, -0.05) is 6.92 Å². The summed E-state index contributed by atoms with van der Waals surface area (Å²) in [5, 5.41) is 11.5. The number of nitriles is 1. The van der Waals surface area contributed by atoms with E-state index in [2.05, 4.69) is 5.32 Å². The summed E-state index contributed by atoms with van der Waals surface area (Å²) in [5.41, 5.74) is 1.23. The lowest BCUT2D eigenvalue weighted by atomic mass is 10.2. The van der Waals surface area contributed by atoms with Gasteiger partial charge in [-0.05, 0) is 30.7 Å². The Morgan fingerprint density at radius 2 is 1.95 bits per heavy atom. The number of carbonyl (C=O) groups excluding carboxylic acids is 2. The van der Waals surface area contributed by atoms with Crippen molar-refractivity contribution in [1.82, 2.24) is 5.32 Å². The van der Waals surface area contributed by atoms with Gasteiger partial charge in [0.25, 0.3) is 0 Å². The largest absolute Gasteiger partial charge is 0.356 e. The minimum Gasteiger partial charge on any atom is -0.356 e. The van der Waals surface area contributed by atoms with E-state index in [1.807, 2.05) is 13.0 Å². The minimum atomic E-state index is -0.127. The molecule has 0 aliphatic carbocycles. The van der Waals surface area contributed by atoms with Crippen LogP contribution in [0.15, 0.2) is 24.3 Å². The van der Waals surface area contributed by atoms with E-state index in [4.69, 9.17) is 5.26 Å². The van der Waals surface area contributed by atoms with Crippen LogP contribution in [-0.4, -0.2) is 24.9 Å². The first kappa shape index (κ1) is 15.7. The molecule has 0 unspecified atom stereocenters. The van der Waals surface area contributed by atoms with E-state index in [9.17, 15) is 9.59 Å². The average molecular weight is 273 g/mol. The number of nitrogens with zero attached hydrogens (tertiary/aromatic N) is 2. The minimum absolute atomic E-state index is 0.0632.